The number of hydrogen-bond donors (Lipinski definition) is 2. The molecule has 0 aliphatic heterocycles. The van der Waals surface area contributed by atoms with Crippen molar-refractivity contribution in [1.82, 2.24) is 0 Å². The fourth-order valence-electron chi connectivity index (χ4n) is 0.591. The van der Waals surface area contributed by atoms with Crippen LogP contribution in [-0.4, -0.2) is 36.1 Å². The standard InChI is InChI=1S/C8H18O3/c1-7(2)3-4-11-6-8(10)5-9/h7-10H,3-6H2,1-2H3. The number of ether oxygens (including phenoxy) is 1. The van der Waals surface area contributed by atoms with E-state index in [0.717, 1.165) is 6.42 Å². The highest BCUT2D eigenvalue weighted by atomic mass is 16.5. The molecule has 0 saturated heterocycles. The topological polar surface area (TPSA) is 49.7 Å². The van der Waals surface area contributed by atoms with E-state index in [1.807, 2.05) is 0 Å². The SMILES string of the molecule is CC(C)CCOCC(O)CO. The maximum Gasteiger partial charge on any atom is 0.100 e. The highest BCUT2D eigenvalue weighted by Gasteiger charge is 2.01. The molecule has 0 rings (SSSR count). The Bertz CT molecular complexity index is 83.4. The molecule has 0 amide bonds. The summed E-state index contributed by atoms with van der Waals surface area (Å²) in [4.78, 5) is 0. The average molecular weight is 162 g/mol. The molecular formula is C8H18O3. The molecule has 11 heavy (non-hydrogen) atoms. The van der Waals surface area contributed by atoms with Gasteiger partial charge in [-0.3, -0.25) is 0 Å². The van der Waals surface area contributed by atoms with Crippen molar-refractivity contribution in [3.63, 3.8) is 0 Å². The lowest BCUT2D eigenvalue weighted by Crippen LogP contribution is -2.19. The highest BCUT2D eigenvalue weighted by Crippen LogP contribution is 1.98. The summed E-state index contributed by atoms with van der Waals surface area (Å²) in [5.74, 6) is 0.626. The Balaban J connectivity index is 3.01. The second kappa shape index (κ2) is 6.58. The molecule has 1 atom stereocenters. The summed E-state index contributed by atoms with van der Waals surface area (Å²) < 4.78 is 5.09. The lowest BCUT2D eigenvalue weighted by atomic mass is 10.1. The van der Waals surface area contributed by atoms with Crippen molar-refractivity contribution in [2.75, 3.05) is 19.8 Å². The second-order valence-electron chi connectivity index (χ2n) is 3.09. The molecule has 2 N–H and O–H groups in total. The van der Waals surface area contributed by atoms with Gasteiger partial charge in [0.2, 0.25) is 0 Å². The number of rotatable bonds is 6. The smallest absolute Gasteiger partial charge is 0.100 e. The fourth-order valence-corrected chi connectivity index (χ4v) is 0.591. The minimum Gasteiger partial charge on any atom is -0.394 e. The lowest BCUT2D eigenvalue weighted by molar-refractivity contribution is 0.00360. The first kappa shape index (κ1) is 10.9. The summed E-state index contributed by atoms with van der Waals surface area (Å²) in [6.45, 7) is 4.91. The summed E-state index contributed by atoms with van der Waals surface area (Å²) in [6, 6.07) is 0. The van der Waals surface area contributed by atoms with Crippen molar-refractivity contribution in [2.45, 2.75) is 26.4 Å². The van der Waals surface area contributed by atoms with Crippen molar-refractivity contribution in [3.8, 4) is 0 Å². The normalized spacial score (nSPS) is 13.9. The van der Waals surface area contributed by atoms with Gasteiger partial charge in [-0.05, 0) is 12.3 Å². The maximum absolute atomic E-state index is 8.85. The van der Waals surface area contributed by atoms with E-state index in [9.17, 15) is 0 Å². The first-order chi connectivity index (χ1) is 5.16. The Labute approximate surface area is 68.0 Å². The zero-order chi connectivity index (χ0) is 8.69. The van der Waals surface area contributed by atoms with Gasteiger partial charge in [0, 0.05) is 6.61 Å². The maximum atomic E-state index is 8.85. The number of hydrogen-bond acceptors (Lipinski definition) is 3. The van der Waals surface area contributed by atoms with E-state index in [-0.39, 0.29) is 13.2 Å². The predicted octanol–water partition coefficient (Wildman–Crippen LogP) is 0.402. The molecule has 0 aromatic rings. The van der Waals surface area contributed by atoms with Crippen LogP contribution in [0.15, 0.2) is 0 Å². The summed E-state index contributed by atoms with van der Waals surface area (Å²) in [7, 11) is 0. The molecule has 68 valence electrons. The summed E-state index contributed by atoms with van der Waals surface area (Å²) in [5.41, 5.74) is 0. The van der Waals surface area contributed by atoms with E-state index in [1.54, 1.807) is 0 Å². The van der Waals surface area contributed by atoms with Crippen LogP contribution in [0.25, 0.3) is 0 Å². The zero-order valence-electron chi connectivity index (χ0n) is 7.29. The Hall–Kier alpha value is -0.120. The van der Waals surface area contributed by atoms with Gasteiger partial charge >= 0.3 is 0 Å². The summed E-state index contributed by atoms with van der Waals surface area (Å²) in [5, 5.41) is 17.3. The van der Waals surface area contributed by atoms with Crippen molar-refractivity contribution in [1.29, 1.82) is 0 Å². The van der Waals surface area contributed by atoms with Crippen LogP contribution in [0.4, 0.5) is 0 Å². The number of aliphatic hydroxyl groups excluding tert-OH is 2. The molecular weight excluding hydrogens is 144 g/mol. The minimum absolute atomic E-state index is 0.221. The molecule has 0 aromatic carbocycles. The molecule has 0 saturated carbocycles. The Morgan fingerprint density at radius 3 is 2.45 bits per heavy atom. The number of aliphatic hydroxyl groups is 2. The van der Waals surface area contributed by atoms with Gasteiger partial charge in [-0.25, -0.2) is 0 Å². The fraction of sp³-hybridized carbons (Fsp3) is 1.00. The predicted molar refractivity (Wildman–Crippen MR) is 43.4 cm³/mol. The molecule has 0 aromatic heterocycles. The van der Waals surface area contributed by atoms with Gasteiger partial charge in [0.05, 0.1) is 13.2 Å². The molecule has 0 heterocycles. The quantitative estimate of drug-likeness (QED) is 0.556. The average Bonchev–Trinajstić information content (AvgIpc) is 1.97. The van der Waals surface area contributed by atoms with Crippen LogP contribution in [-0.2, 0) is 4.74 Å². The highest BCUT2D eigenvalue weighted by molar-refractivity contribution is 4.49. The Morgan fingerprint density at radius 1 is 1.36 bits per heavy atom. The third kappa shape index (κ3) is 7.78. The third-order valence-electron chi connectivity index (χ3n) is 1.36. The van der Waals surface area contributed by atoms with Gasteiger partial charge in [0.1, 0.15) is 6.10 Å². The van der Waals surface area contributed by atoms with Crippen LogP contribution in [0.5, 0.6) is 0 Å². The van der Waals surface area contributed by atoms with Crippen molar-refractivity contribution >= 4 is 0 Å². The van der Waals surface area contributed by atoms with E-state index in [0.29, 0.717) is 12.5 Å². The monoisotopic (exact) mass is 162 g/mol. The van der Waals surface area contributed by atoms with Crippen LogP contribution in [0.1, 0.15) is 20.3 Å². The molecule has 3 nitrogen and oxygen atoms in total. The summed E-state index contributed by atoms with van der Waals surface area (Å²) >= 11 is 0. The van der Waals surface area contributed by atoms with Crippen LogP contribution < -0.4 is 0 Å². The first-order valence-electron chi connectivity index (χ1n) is 4.03. The lowest BCUT2D eigenvalue weighted by Gasteiger charge is -2.08. The van der Waals surface area contributed by atoms with E-state index in [1.165, 1.54) is 0 Å². The van der Waals surface area contributed by atoms with E-state index >= 15 is 0 Å². The van der Waals surface area contributed by atoms with Crippen LogP contribution in [0.2, 0.25) is 0 Å². The van der Waals surface area contributed by atoms with Crippen LogP contribution in [0, 0.1) is 5.92 Å². The van der Waals surface area contributed by atoms with Gasteiger partial charge < -0.3 is 14.9 Å². The molecule has 0 radical (unpaired) electrons. The zero-order valence-corrected chi connectivity index (χ0v) is 7.29. The Morgan fingerprint density at radius 2 is 2.00 bits per heavy atom. The molecule has 0 aliphatic rings. The molecule has 3 heteroatoms. The van der Waals surface area contributed by atoms with Crippen LogP contribution >= 0.6 is 0 Å². The largest absolute Gasteiger partial charge is 0.394 e. The van der Waals surface area contributed by atoms with E-state index in [2.05, 4.69) is 13.8 Å². The molecule has 0 aliphatic carbocycles. The molecule has 0 bridgehead atoms. The van der Waals surface area contributed by atoms with Gasteiger partial charge in [-0.1, -0.05) is 13.8 Å². The second-order valence-corrected chi connectivity index (χ2v) is 3.09. The summed E-state index contributed by atoms with van der Waals surface area (Å²) in [6.07, 6.45) is 0.278. The van der Waals surface area contributed by atoms with Gasteiger partial charge in [0.25, 0.3) is 0 Å². The third-order valence-corrected chi connectivity index (χ3v) is 1.36. The van der Waals surface area contributed by atoms with Gasteiger partial charge in [0.15, 0.2) is 0 Å². The van der Waals surface area contributed by atoms with E-state index in [4.69, 9.17) is 14.9 Å². The van der Waals surface area contributed by atoms with Gasteiger partial charge in [-0.15, -0.1) is 0 Å². The molecule has 1 unspecified atom stereocenters. The van der Waals surface area contributed by atoms with E-state index < -0.39 is 6.10 Å². The van der Waals surface area contributed by atoms with Crippen molar-refractivity contribution < 1.29 is 14.9 Å². The minimum atomic E-state index is -0.720. The van der Waals surface area contributed by atoms with Crippen LogP contribution in [0.3, 0.4) is 0 Å². The van der Waals surface area contributed by atoms with Crippen molar-refractivity contribution in [2.24, 2.45) is 5.92 Å². The first-order valence-corrected chi connectivity index (χ1v) is 4.03. The van der Waals surface area contributed by atoms with Gasteiger partial charge in [-0.2, -0.15) is 0 Å². The Kier molecular flexibility index (Phi) is 6.51. The van der Waals surface area contributed by atoms with Crippen molar-refractivity contribution in [3.05, 3.63) is 0 Å². The molecule has 0 fully saturated rings. The molecule has 0 spiro atoms.